The average Bonchev–Trinajstić information content (AvgIpc) is 3.35. The van der Waals surface area contributed by atoms with Crippen molar-refractivity contribution in [3.05, 3.63) is 36.0 Å². The fourth-order valence-corrected chi connectivity index (χ4v) is 4.25. The summed E-state index contributed by atoms with van der Waals surface area (Å²) in [6.45, 7) is 0.334. The van der Waals surface area contributed by atoms with Crippen LogP contribution in [-0.4, -0.2) is 86.6 Å². The Hall–Kier alpha value is -4.50. The van der Waals surface area contributed by atoms with Gasteiger partial charge in [0.15, 0.2) is 0 Å². The van der Waals surface area contributed by atoms with Gasteiger partial charge in [-0.15, -0.1) is 0 Å². The molecule has 0 aliphatic carbocycles. The Morgan fingerprint density at radius 3 is 2.00 bits per heavy atom. The summed E-state index contributed by atoms with van der Waals surface area (Å²) in [7, 11) is 0. The third kappa shape index (κ3) is 10.8. The number of fused-ring (bicyclic) bond motifs is 1. The van der Waals surface area contributed by atoms with Gasteiger partial charge in [0.25, 0.3) is 0 Å². The number of carboxylic acids is 3. The van der Waals surface area contributed by atoms with E-state index in [1.807, 2.05) is 12.1 Å². The van der Waals surface area contributed by atoms with Gasteiger partial charge in [0, 0.05) is 36.4 Å². The molecule has 11 N–H and O–H groups in total. The zero-order valence-electron chi connectivity index (χ0n) is 23.0. The van der Waals surface area contributed by atoms with Gasteiger partial charge in [-0.05, 0) is 50.3 Å². The van der Waals surface area contributed by atoms with Crippen molar-refractivity contribution in [3.8, 4) is 0 Å². The van der Waals surface area contributed by atoms with Crippen LogP contribution in [0.15, 0.2) is 30.5 Å². The van der Waals surface area contributed by atoms with E-state index in [0.717, 1.165) is 10.9 Å². The van der Waals surface area contributed by atoms with Crippen molar-refractivity contribution in [2.75, 3.05) is 6.54 Å². The SMILES string of the molecule is NCCCCC(NC(=O)C(CCC(=O)O)NC(=O)C(Cc1c[nH]c2ccccc12)NC(=O)C(N)CCC(=O)O)C(=O)O. The highest BCUT2D eigenvalue weighted by Gasteiger charge is 2.31. The molecule has 0 saturated carbocycles. The molecular formula is C27H38N6O9. The fraction of sp³-hybridized carbons (Fsp3) is 0.481. The van der Waals surface area contributed by atoms with Crippen LogP contribution in [0.1, 0.15) is 50.5 Å². The number of amides is 3. The molecule has 0 saturated heterocycles. The third-order valence-electron chi connectivity index (χ3n) is 6.58. The van der Waals surface area contributed by atoms with Gasteiger partial charge in [-0.2, -0.15) is 0 Å². The average molecular weight is 591 g/mol. The number of para-hydroxylation sites is 1. The lowest BCUT2D eigenvalue weighted by atomic mass is 10.0. The zero-order valence-corrected chi connectivity index (χ0v) is 23.0. The van der Waals surface area contributed by atoms with Crippen LogP contribution in [0.25, 0.3) is 10.9 Å². The summed E-state index contributed by atoms with van der Waals surface area (Å²) < 4.78 is 0. The van der Waals surface area contributed by atoms with Gasteiger partial charge in [-0.25, -0.2) is 4.79 Å². The van der Waals surface area contributed by atoms with Crippen molar-refractivity contribution < 1.29 is 44.1 Å². The molecule has 0 radical (unpaired) electrons. The number of aliphatic carboxylic acids is 3. The van der Waals surface area contributed by atoms with Crippen molar-refractivity contribution in [1.82, 2.24) is 20.9 Å². The summed E-state index contributed by atoms with van der Waals surface area (Å²) in [5.41, 5.74) is 12.7. The van der Waals surface area contributed by atoms with Crippen molar-refractivity contribution >= 4 is 46.5 Å². The summed E-state index contributed by atoms with van der Waals surface area (Å²) in [5, 5.41) is 35.7. The van der Waals surface area contributed by atoms with E-state index in [1.54, 1.807) is 18.3 Å². The summed E-state index contributed by atoms with van der Waals surface area (Å²) >= 11 is 0. The highest BCUT2D eigenvalue weighted by Crippen LogP contribution is 2.19. The molecule has 42 heavy (non-hydrogen) atoms. The van der Waals surface area contributed by atoms with Crippen LogP contribution in [0.2, 0.25) is 0 Å². The summed E-state index contributed by atoms with van der Waals surface area (Å²) in [6, 6.07) is 1.94. The summed E-state index contributed by atoms with van der Waals surface area (Å²) in [6.07, 6.45) is 1.19. The number of hydrogen-bond acceptors (Lipinski definition) is 8. The molecule has 4 atom stereocenters. The molecule has 230 valence electrons. The van der Waals surface area contributed by atoms with E-state index < -0.39 is 66.2 Å². The van der Waals surface area contributed by atoms with Crippen LogP contribution in [0.5, 0.6) is 0 Å². The number of aromatic amines is 1. The van der Waals surface area contributed by atoms with Gasteiger partial charge in [-0.3, -0.25) is 24.0 Å². The molecule has 4 unspecified atom stereocenters. The maximum atomic E-state index is 13.5. The standard InChI is InChI=1S/C27H38N6O9/c28-12-4-3-7-20(27(41)42)32-25(39)19(9-11-23(36)37)31-26(40)21(33-24(38)17(29)8-10-22(34)35)13-15-14-30-18-6-2-1-5-16(15)18/h1-2,5-6,14,17,19-21,30H,3-4,7-13,28-29H2,(H,31,40)(H,32,39)(H,33,38)(H,34,35)(H,36,37)(H,41,42). The van der Waals surface area contributed by atoms with Crippen molar-refractivity contribution in [2.45, 2.75) is 75.5 Å². The van der Waals surface area contributed by atoms with Crippen molar-refractivity contribution in [3.63, 3.8) is 0 Å². The van der Waals surface area contributed by atoms with Crippen LogP contribution in [0, 0.1) is 0 Å². The van der Waals surface area contributed by atoms with Crippen LogP contribution in [0.3, 0.4) is 0 Å². The largest absolute Gasteiger partial charge is 0.481 e. The summed E-state index contributed by atoms with van der Waals surface area (Å²) in [4.78, 5) is 76.2. The van der Waals surface area contributed by atoms with Gasteiger partial charge in [0.2, 0.25) is 17.7 Å². The van der Waals surface area contributed by atoms with Gasteiger partial charge in [-0.1, -0.05) is 18.2 Å². The highest BCUT2D eigenvalue weighted by molar-refractivity contribution is 5.95. The first-order valence-corrected chi connectivity index (χ1v) is 13.5. The Morgan fingerprint density at radius 1 is 0.762 bits per heavy atom. The number of carboxylic acid groups (broad SMARTS) is 3. The van der Waals surface area contributed by atoms with Crippen LogP contribution < -0.4 is 27.4 Å². The number of rotatable bonds is 19. The molecular weight excluding hydrogens is 552 g/mol. The van der Waals surface area contributed by atoms with Crippen molar-refractivity contribution in [2.24, 2.45) is 11.5 Å². The minimum Gasteiger partial charge on any atom is -0.481 e. The predicted molar refractivity (Wildman–Crippen MR) is 150 cm³/mol. The Kier molecular flexibility index (Phi) is 13.4. The molecule has 1 aromatic carbocycles. The second-order valence-electron chi connectivity index (χ2n) is 9.84. The Balaban J connectivity index is 2.29. The number of nitrogens with one attached hydrogen (secondary N) is 4. The molecule has 0 bridgehead atoms. The van der Waals surface area contributed by atoms with Crippen LogP contribution in [0.4, 0.5) is 0 Å². The molecule has 3 amide bonds. The minimum atomic E-state index is -1.44. The van der Waals surface area contributed by atoms with Gasteiger partial charge < -0.3 is 47.7 Å². The molecule has 0 spiro atoms. The molecule has 1 heterocycles. The number of carbonyl (C=O) groups excluding carboxylic acids is 3. The second kappa shape index (κ2) is 16.7. The number of benzene rings is 1. The number of aromatic nitrogens is 1. The topological polar surface area (TPSA) is 267 Å². The number of unbranched alkanes of at least 4 members (excludes halogenated alkanes) is 1. The maximum Gasteiger partial charge on any atom is 0.326 e. The molecule has 0 fully saturated rings. The molecule has 0 aliphatic rings. The number of H-pyrrole nitrogens is 1. The van der Waals surface area contributed by atoms with Gasteiger partial charge >= 0.3 is 17.9 Å². The van der Waals surface area contributed by atoms with Crippen molar-refractivity contribution in [1.29, 1.82) is 0 Å². The molecule has 1 aromatic heterocycles. The van der Waals surface area contributed by atoms with Crippen LogP contribution >= 0.6 is 0 Å². The molecule has 2 rings (SSSR count). The van der Waals surface area contributed by atoms with Crippen LogP contribution in [-0.2, 0) is 35.2 Å². The quantitative estimate of drug-likeness (QED) is 0.0935. The molecule has 15 nitrogen and oxygen atoms in total. The fourth-order valence-electron chi connectivity index (χ4n) is 4.25. The Morgan fingerprint density at radius 2 is 1.36 bits per heavy atom. The summed E-state index contributed by atoms with van der Waals surface area (Å²) in [5.74, 6) is -6.24. The number of nitrogens with two attached hydrogens (primary N) is 2. The lowest BCUT2D eigenvalue weighted by Crippen LogP contribution is -2.57. The minimum absolute atomic E-state index is 0.0582. The monoisotopic (exact) mass is 590 g/mol. The molecule has 2 aromatic rings. The molecule has 15 heteroatoms. The van der Waals surface area contributed by atoms with E-state index in [1.165, 1.54) is 0 Å². The smallest absolute Gasteiger partial charge is 0.326 e. The van der Waals surface area contributed by atoms with E-state index in [2.05, 4.69) is 20.9 Å². The normalized spacial score (nSPS) is 13.9. The molecule has 0 aliphatic heterocycles. The lowest BCUT2D eigenvalue weighted by Gasteiger charge is -2.25. The van der Waals surface area contributed by atoms with Gasteiger partial charge in [0.1, 0.15) is 18.1 Å². The number of carbonyl (C=O) groups is 6. The predicted octanol–water partition coefficient (Wildman–Crippen LogP) is -0.565. The zero-order chi connectivity index (χ0) is 31.2. The Bertz CT molecular complexity index is 1260. The second-order valence-corrected chi connectivity index (χ2v) is 9.84. The van der Waals surface area contributed by atoms with E-state index in [4.69, 9.17) is 16.6 Å². The Labute approximate surface area is 241 Å². The van der Waals surface area contributed by atoms with Gasteiger partial charge in [0.05, 0.1) is 6.04 Å². The number of hydrogen-bond donors (Lipinski definition) is 9. The van der Waals surface area contributed by atoms with E-state index in [9.17, 15) is 39.0 Å². The first-order valence-electron chi connectivity index (χ1n) is 13.5. The first-order chi connectivity index (χ1) is 19.9. The van der Waals surface area contributed by atoms with E-state index in [0.29, 0.717) is 24.9 Å². The lowest BCUT2D eigenvalue weighted by molar-refractivity contribution is -0.143. The first kappa shape index (κ1) is 33.7. The van der Waals surface area contributed by atoms with E-state index in [-0.39, 0.29) is 32.1 Å². The highest BCUT2D eigenvalue weighted by atomic mass is 16.4. The maximum absolute atomic E-state index is 13.5. The van der Waals surface area contributed by atoms with E-state index >= 15 is 0 Å². The third-order valence-corrected chi connectivity index (χ3v) is 6.58.